The van der Waals surface area contributed by atoms with Gasteiger partial charge in [0.2, 0.25) is 0 Å². The van der Waals surface area contributed by atoms with Crippen LogP contribution in [0.25, 0.3) is 0 Å². The number of nitrogens with zero attached hydrogens (tertiary/aromatic N) is 3. The van der Waals surface area contributed by atoms with Gasteiger partial charge < -0.3 is 10.6 Å². The van der Waals surface area contributed by atoms with E-state index in [-0.39, 0.29) is 11.9 Å². The fourth-order valence-corrected chi connectivity index (χ4v) is 2.87. The van der Waals surface area contributed by atoms with Crippen LogP contribution in [-0.2, 0) is 7.05 Å². The van der Waals surface area contributed by atoms with Gasteiger partial charge >= 0.3 is 0 Å². The van der Waals surface area contributed by atoms with Crippen LogP contribution in [0.2, 0.25) is 0 Å². The van der Waals surface area contributed by atoms with E-state index in [4.69, 9.17) is 5.73 Å². The molecule has 0 saturated carbocycles. The number of aryl methyl sites for hydroxylation is 2. The van der Waals surface area contributed by atoms with Gasteiger partial charge in [0.15, 0.2) is 0 Å². The van der Waals surface area contributed by atoms with Crippen LogP contribution in [0.4, 0.5) is 0 Å². The Kier molecular flexibility index (Phi) is 3.94. The van der Waals surface area contributed by atoms with Crippen molar-refractivity contribution in [1.82, 2.24) is 14.7 Å². The van der Waals surface area contributed by atoms with Gasteiger partial charge in [0.1, 0.15) is 0 Å². The third-order valence-corrected chi connectivity index (χ3v) is 4.29. The molecular formula is C14H24N4O. The first kappa shape index (κ1) is 14.1. The molecule has 1 aromatic heterocycles. The van der Waals surface area contributed by atoms with Crippen molar-refractivity contribution in [3.63, 3.8) is 0 Å². The molecule has 2 N–H and O–H groups in total. The molecule has 0 radical (unpaired) electrons. The summed E-state index contributed by atoms with van der Waals surface area (Å²) in [5, 5.41) is 4.32. The number of amides is 1. The van der Waals surface area contributed by atoms with E-state index in [1.807, 2.05) is 25.8 Å². The molecule has 0 spiro atoms. The molecule has 1 aliphatic heterocycles. The lowest BCUT2D eigenvalue weighted by atomic mass is 9.90. The predicted octanol–water partition coefficient (Wildman–Crippen LogP) is 1.24. The number of aromatic nitrogens is 2. The van der Waals surface area contributed by atoms with Crippen LogP contribution in [0.1, 0.15) is 41.5 Å². The standard InChI is InChI=1S/C14H24N4O/c1-9(15)12-5-7-18(8-6-12)14(19)13-10(2)16-17(4)11(13)3/h9,12H,5-8,15H2,1-4H3. The predicted molar refractivity (Wildman–Crippen MR) is 75.0 cm³/mol. The van der Waals surface area contributed by atoms with Crippen molar-refractivity contribution in [3.05, 3.63) is 17.0 Å². The van der Waals surface area contributed by atoms with Crippen molar-refractivity contribution >= 4 is 5.91 Å². The Bertz CT molecular complexity index is 470. The smallest absolute Gasteiger partial charge is 0.257 e. The second-order valence-electron chi connectivity index (χ2n) is 5.66. The summed E-state index contributed by atoms with van der Waals surface area (Å²) < 4.78 is 1.78. The van der Waals surface area contributed by atoms with Crippen LogP contribution < -0.4 is 5.73 Å². The third kappa shape index (κ3) is 2.66. The van der Waals surface area contributed by atoms with Crippen molar-refractivity contribution in [2.45, 2.75) is 39.7 Å². The Labute approximate surface area is 114 Å². The van der Waals surface area contributed by atoms with Gasteiger partial charge in [-0.3, -0.25) is 9.48 Å². The SMILES string of the molecule is Cc1nn(C)c(C)c1C(=O)N1CCC(C(C)N)CC1. The quantitative estimate of drug-likeness (QED) is 0.874. The summed E-state index contributed by atoms with van der Waals surface area (Å²) in [6, 6.07) is 0.221. The zero-order valence-corrected chi connectivity index (χ0v) is 12.3. The molecule has 5 nitrogen and oxygen atoms in total. The number of hydrogen-bond acceptors (Lipinski definition) is 3. The molecule has 1 unspecified atom stereocenters. The number of likely N-dealkylation sites (tertiary alicyclic amines) is 1. The number of carbonyl (C=O) groups excluding carboxylic acids is 1. The van der Waals surface area contributed by atoms with E-state index >= 15 is 0 Å². The topological polar surface area (TPSA) is 64.2 Å². The Hall–Kier alpha value is -1.36. The van der Waals surface area contributed by atoms with Gasteiger partial charge in [0.25, 0.3) is 5.91 Å². The highest BCUT2D eigenvalue weighted by molar-refractivity contribution is 5.96. The van der Waals surface area contributed by atoms with Gasteiger partial charge in [-0.1, -0.05) is 0 Å². The first-order valence-electron chi connectivity index (χ1n) is 6.97. The minimum atomic E-state index is 0.117. The van der Waals surface area contributed by atoms with Crippen molar-refractivity contribution in [2.24, 2.45) is 18.7 Å². The molecule has 0 aliphatic carbocycles. The van der Waals surface area contributed by atoms with Crippen molar-refractivity contribution in [1.29, 1.82) is 0 Å². The fraction of sp³-hybridized carbons (Fsp3) is 0.714. The number of rotatable bonds is 2. The van der Waals surface area contributed by atoms with E-state index in [0.717, 1.165) is 42.9 Å². The van der Waals surface area contributed by atoms with E-state index in [1.54, 1.807) is 4.68 Å². The summed E-state index contributed by atoms with van der Waals surface area (Å²) in [6.07, 6.45) is 2.00. The average molecular weight is 264 g/mol. The van der Waals surface area contributed by atoms with Gasteiger partial charge in [-0.15, -0.1) is 0 Å². The van der Waals surface area contributed by atoms with Crippen LogP contribution in [0.3, 0.4) is 0 Å². The number of hydrogen-bond donors (Lipinski definition) is 1. The van der Waals surface area contributed by atoms with Crippen LogP contribution in [0.15, 0.2) is 0 Å². The molecule has 0 aromatic carbocycles. The Balaban J connectivity index is 2.10. The molecule has 0 bridgehead atoms. The normalized spacial score (nSPS) is 18.7. The van der Waals surface area contributed by atoms with Crippen LogP contribution >= 0.6 is 0 Å². The van der Waals surface area contributed by atoms with Crippen LogP contribution in [0, 0.1) is 19.8 Å². The Morgan fingerprint density at radius 3 is 2.37 bits per heavy atom. The monoisotopic (exact) mass is 264 g/mol. The highest BCUT2D eigenvalue weighted by Crippen LogP contribution is 2.22. The summed E-state index contributed by atoms with van der Waals surface area (Å²) in [5.74, 6) is 0.659. The molecule has 1 aliphatic rings. The van der Waals surface area contributed by atoms with E-state index < -0.39 is 0 Å². The minimum Gasteiger partial charge on any atom is -0.339 e. The maximum atomic E-state index is 12.6. The largest absolute Gasteiger partial charge is 0.339 e. The zero-order chi connectivity index (χ0) is 14.2. The van der Waals surface area contributed by atoms with Gasteiger partial charge in [0, 0.05) is 31.9 Å². The zero-order valence-electron chi connectivity index (χ0n) is 12.3. The summed E-state index contributed by atoms with van der Waals surface area (Å²) in [5.41, 5.74) is 8.46. The maximum Gasteiger partial charge on any atom is 0.257 e. The van der Waals surface area contributed by atoms with Gasteiger partial charge in [-0.25, -0.2) is 0 Å². The van der Waals surface area contributed by atoms with Crippen molar-refractivity contribution < 1.29 is 4.79 Å². The van der Waals surface area contributed by atoms with Gasteiger partial charge in [0.05, 0.1) is 11.3 Å². The molecule has 1 aromatic rings. The molecule has 5 heteroatoms. The molecule has 2 rings (SSSR count). The van der Waals surface area contributed by atoms with Crippen LogP contribution in [-0.4, -0.2) is 39.7 Å². The lowest BCUT2D eigenvalue weighted by molar-refractivity contribution is 0.0679. The molecule has 19 heavy (non-hydrogen) atoms. The summed E-state index contributed by atoms with van der Waals surface area (Å²) in [7, 11) is 1.88. The van der Waals surface area contributed by atoms with Gasteiger partial charge in [-0.2, -0.15) is 5.10 Å². The van der Waals surface area contributed by atoms with Crippen molar-refractivity contribution in [3.8, 4) is 0 Å². The summed E-state index contributed by atoms with van der Waals surface area (Å²) in [4.78, 5) is 14.5. The third-order valence-electron chi connectivity index (χ3n) is 4.29. The van der Waals surface area contributed by atoms with E-state index in [9.17, 15) is 4.79 Å². The van der Waals surface area contributed by atoms with E-state index in [2.05, 4.69) is 12.0 Å². The first-order chi connectivity index (χ1) is 8.91. The molecule has 106 valence electrons. The maximum absolute atomic E-state index is 12.6. The lowest BCUT2D eigenvalue weighted by Gasteiger charge is -2.33. The van der Waals surface area contributed by atoms with Crippen LogP contribution in [0.5, 0.6) is 0 Å². The Morgan fingerprint density at radius 2 is 1.95 bits per heavy atom. The summed E-state index contributed by atoms with van der Waals surface area (Å²) in [6.45, 7) is 7.51. The highest BCUT2D eigenvalue weighted by Gasteiger charge is 2.28. The first-order valence-corrected chi connectivity index (χ1v) is 6.97. The van der Waals surface area contributed by atoms with Gasteiger partial charge in [-0.05, 0) is 39.5 Å². The molecule has 1 atom stereocenters. The van der Waals surface area contributed by atoms with Crippen molar-refractivity contribution in [2.75, 3.05) is 13.1 Å². The fourth-order valence-electron chi connectivity index (χ4n) is 2.87. The molecule has 1 fully saturated rings. The second kappa shape index (κ2) is 5.33. The number of nitrogens with two attached hydrogens (primary N) is 1. The Morgan fingerprint density at radius 1 is 1.37 bits per heavy atom. The lowest BCUT2D eigenvalue weighted by Crippen LogP contribution is -2.42. The number of piperidine rings is 1. The summed E-state index contributed by atoms with van der Waals surface area (Å²) >= 11 is 0. The number of carbonyl (C=O) groups is 1. The van der Waals surface area contributed by atoms with E-state index in [1.165, 1.54) is 0 Å². The average Bonchev–Trinajstić information content (AvgIpc) is 2.62. The molecule has 2 heterocycles. The molecule has 1 amide bonds. The molecular weight excluding hydrogens is 240 g/mol. The van der Waals surface area contributed by atoms with E-state index in [0.29, 0.717) is 5.92 Å². The molecule has 1 saturated heterocycles. The minimum absolute atomic E-state index is 0.117. The highest BCUT2D eigenvalue weighted by atomic mass is 16.2. The second-order valence-corrected chi connectivity index (χ2v) is 5.66.